The molecule has 74 heavy (non-hydrogen) atoms. The average molecular weight is 1000 g/mol. The Bertz CT molecular complexity index is 3400. The highest BCUT2D eigenvalue weighted by Crippen LogP contribution is 2.41. The predicted octanol–water partition coefficient (Wildman–Crippen LogP) is 8.80. The molecule has 11 rings (SSSR count). The minimum Gasteiger partial charge on any atom is -0.380 e. The molecule has 0 spiro atoms. The van der Waals surface area contributed by atoms with Crippen molar-refractivity contribution < 1.29 is 42.1 Å². The van der Waals surface area contributed by atoms with Gasteiger partial charge in [0.15, 0.2) is 11.6 Å². The molecule has 0 saturated carbocycles. The van der Waals surface area contributed by atoms with Gasteiger partial charge in [0.05, 0.1) is 40.4 Å². The molecule has 4 aliphatic rings. The number of piperidine rings is 3. The molecule has 376 valence electrons. The number of hydrogen-bond acceptors (Lipinski definition) is 11. The second kappa shape index (κ2) is 19.6. The van der Waals surface area contributed by atoms with E-state index in [2.05, 4.69) is 30.6 Å². The van der Waals surface area contributed by atoms with Crippen LogP contribution in [-0.2, 0) is 25.7 Å². The van der Waals surface area contributed by atoms with Gasteiger partial charge >= 0.3 is 0 Å². The maximum Gasteiger partial charge on any atom is 0.264 e. The van der Waals surface area contributed by atoms with E-state index in [9.17, 15) is 37.5 Å². The normalized spacial score (nSPS) is 18.6. The van der Waals surface area contributed by atoms with Crippen LogP contribution < -0.4 is 20.9 Å². The van der Waals surface area contributed by atoms with Crippen LogP contribution in [0.1, 0.15) is 101 Å². The highest BCUT2D eigenvalue weighted by molar-refractivity contribution is 6.25. The minimum absolute atomic E-state index is 0.0250. The number of imide groups is 2. The van der Waals surface area contributed by atoms with E-state index >= 15 is 0 Å². The molecule has 0 aliphatic carbocycles. The number of aromatic nitrogens is 3. The number of aryl methyl sites for hydroxylation is 2. The number of halogens is 2. The van der Waals surface area contributed by atoms with Crippen LogP contribution in [-0.4, -0.2) is 85.6 Å². The van der Waals surface area contributed by atoms with E-state index in [0.29, 0.717) is 68.3 Å². The number of nitrogens with zero attached hydrogens (tertiary/aromatic N) is 6. The fourth-order valence-electron chi connectivity index (χ4n) is 11.0. The van der Waals surface area contributed by atoms with E-state index in [1.165, 1.54) is 6.07 Å². The molecule has 0 bridgehead atoms. The Balaban J connectivity index is 0.729. The molecule has 3 fully saturated rings. The van der Waals surface area contributed by atoms with E-state index in [-0.39, 0.29) is 60.5 Å². The van der Waals surface area contributed by atoms with Crippen molar-refractivity contribution in [1.82, 2.24) is 29.8 Å². The highest BCUT2D eigenvalue weighted by atomic mass is 19.2. The second-order valence-corrected chi connectivity index (χ2v) is 19.4. The number of carbonyl (C=O) groups is 6. The quantitative estimate of drug-likeness (QED) is 0.0992. The number of imidazole rings is 1. The molecule has 7 aromatic rings. The molecule has 1 unspecified atom stereocenters. The lowest BCUT2D eigenvalue weighted by Crippen LogP contribution is -2.54. The van der Waals surface area contributed by atoms with Gasteiger partial charge in [0, 0.05) is 67.2 Å². The van der Waals surface area contributed by atoms with Gasteiger partial charge < -0.3 is 24.6 Å². The maximum absolute atomic E-state index is 14.7. The monoisotopic (exact) mass is 999 g/mol. The van der Waals surface area contributed by atoms with E-state index < -0.39 is 47.3 Å². The van der Waals surface area contributed by atoms with Gasteiger partial charge in [-0.3, -0.25) is 43.9 Å². The van der Waals surface area contributed by atoms with Gasteiger partial charge in [-0.1, -0.05) is 53.7 Å². The van der Waals surface area contributed by atoms with E-state index in [1.54, 1.807) is 23.1 Å². The third kappa shape index (κ3) is 8.99. The van der Waals surface area contributed by atoms with Gasteiger partial charge in [-0.2, -0.15) is 0 Å². The Hall–Kier alpha value is -8.38. The number of nitrogens with one attached hydrogen (secondary N) is 3. The summed E-state index contributed by atoms with van der Waals surface area (Å²) in [5.41, 5.74) is 8.79. The number of likely N-dealkylation sites (tertiary alicyclic amines) is 1. The Morgan fingerprint density at radius 1 is 0.757 bits per heavy atom. The lowest BCUT2D eigenvalue weighted by Gasteiger charge is -2.38. The summed E-state index contributed by atoms with van der Waals surface area (Å²) in [6, 6.07) is 28.5. The number of fused-ring (bicyclic) bond motifs is 2. The van der Waals surface area contributed by atoms with Gasteiger partial charge in [0.1, 0.15) is 17.6 Å². The largest absolute Gasteiger partial charge is 0.380 e. The Morgan fingerprint density at radius 2 is 1.50 bits per heavy atom. The SMILES string of the molecule is Cc1noc(C)c1-c1ccc2c(c1)nc([C@@H]1CCCC(=O)N1c1ccc(F)c(F)c1)n2C1CCN(CC(=O)Nc2ccc(-c3ccc(CNc4cccc5c4C(=O)N(C4CCC(=O)NC4=O)C5=O)cc3)cc2)CC1. The van der Waals surface area contributed by atoms with Crippen LogP contribution >= 0.6 is 0 Å². The second-order valence-electron chi connectivity index (χ2n) is 19.4. The average Bonchev–Trinajstić information content (AvgIpc) is 4.03. The number of benzene rings is 5. The first-order chi connectivity index (χ1) is 35.8. The first-order valence-corrected chi connectivity index (χ1v) is 24.8. The Labute approximate surface area is 423 Å². The van der Waals surface area contributed by atoms with Crippen LogP contribution in [0.5, 0.6) is 0 Å². The Morgan fingerprint density at radius 3 is 2.22 bits per heavy atom. The number of carbonyl (C=O) groups excluding carboxylic acids is 6. The van der Waals surface area contributed by atoms with Gasteiger partial charge in [-0.15, -0.1) is 0 Å². The third-order valence-electron chi connectivity index (χ3n) is 14.7. The molecule has 6 heterocycles. The zero-order valence-corrected chi connectivity index (χ0v) is 40.6. The first-order valence-electron chi connectivity index (χ1n) is 24.8. The number of amides is 6. The smallest absolute Gasteiger partial charge is 0.264 e. The first kappa shape index (κ1) is 47.9. The van der Waals surface area contributed by atoms with Gasteiger partial charge in [0.25, 0.3) is 11.8 Å². The summed E-state index contributed by atoms with van der Waals surface area (Å²) in [7, 11) is 0. The van der Waals surface area contributed by atoms with Crippen molar-refractivity contribution in [2.45, 2.75) is 83.5 Å². The van der Waals surface area contributed by atoms with Crippen molar-refractivity contribution in [3.05, 3.63) is 149 Å². The molecule has 5 aromatic carbocycles. The summed E-state index contributed by atoms with van der Waals surface area (Å²) in [4.78, 5) is 88.0. The topological polar surface area (TPSA) is 192 Å². The molecule has 16 nitrogen and oxygen atoms in total. The van der Waals surface area contributed by atoms with Crippen molar-refractivity contribution in [2.75, 3.05) is 35.2 Å². The van der Waals surface area contributed by atoms with E-state index in [0.717, 1.165) is 61.6 Å². The predicted molar refractivity (Wildman–Crippen MR) is 271 cm³/mol. The zero-order valence-electron chi connectivity index (χ0n) is 40.6. The van der Waals surface area contributed by atoms with Gasteiger partial charge in [-0.05, 0) is 117 Å². The van der Waals surface area contributed by atoms with E-state index in [1.807, 2.05) is 80.6 Å². The summed E-state index contributed by atoms with van der Waals surface area (Å²) in [6.45, 7) is 5.56. The molecule has 4 aliphatic heterocycles. The molecule has 3 N–H and O–H groups in total. The van der Waals surface area contributed by atoms with Crippen LogP contribution in [0.3, 0.4) is 0 Å². The molecule has 6 amide bonds. The highest BCUT2D eigenvalue weighted by Gasteiger charge is 2.46. The molecular weight excluding hydrogens is 949 g/mol. The molecule has 2 aromatic heterocycles. The molecule has 2 atom stereocenters. The van der Waals surface area contributed by atoms with Gasteiger partial charge in [-0.25, -0.2) is 13.8 Å². The van der Waals surface area contributed by atoms with E-state index in [4.69, 9.17) is 9.51 Å². The molecular formula is C56H51F2N9O7. The molecule has 3 saturated heterocycles. The maximum atomic E-state index is 14.7. The summed E-state index contributed by atoms with van der Waals surface area (Å²) in [6.07, 6.45) is 3.00. The molecule has 18 heteroatoms. The van der Waals surface area contributed by atoms with Crippen molar-refractivity contribution in [1.29, 1.82) is 0 Å². The van der Waals surface area contributed by atoms with Crippen LogP contribution in [0, 0.1) is 25.5 Å². The number of anilines is 3. The van der Waals surface area contributed by atoms with Crippen molar-refractivity contribution in [2.24, 2.45) is 0 Å². The zero-order chi connectivity index (χ0) is 51.4. The standard InChI is InChI=1S/C56H51F2N9O7/c1-31-51(32(2)74-63-31)36-15-20-45-44(27-36)61-53(46-7-4-8-50(70)65(46)39-18-19-41(57)42(58)28-39)66(45)38-23-25-64(26-24-38)30-49(69)60-37-16-13-35(14-17-37)34-11-9-33(10-12-34)29-59-43-6-3-5-40-52(43)56(73)67(55(40)72)47-21-22-48(68)62-54(47)71/h3,5-6,9-20,27-28,38,46-47,59H,4,7-8,21-26,29-30H2,1-2H3,(H,60,69)(H,62,68,71)/t46-,47?/m0/s1. The van der Waals surface area contributed by atoms with Crippen LogP contribution in [0.15, 0.2) is 108 Å². The Kier molecular flexibility index (Phi) is 12.7. The van der Waals surface area contributed by atoms with Crippen LogP contribution in [0.4, 0.5) is 25.8 Å². The third-order valence-corrected chi connectivity index (χ3v) is 14.7. The number of hydrogen-bond donors (Lipinski definition) is 3. The summed E-state index contributed by atoms with van der Waals surface area (Å²) < 4.78 is 36.5. The van der Waals surface area contributed by atoms with Crippen molar-refractivity contribution in [3.63, 3.8) is 0 Å². The fraction of sp³-hybridized carbons (Fsp3) is 0.286. The minimum atomic E-state index is -1.05. The number of rotatable bonds is 12. The summed E-state index contributed by atoms with van der Waals surface area (Å²) >= 11 is 0. The summed E-state index contributed by atoms with van der Waals surface area (Å²) in [5.74, 6) is -3.21. The lowest BCUT2D eigenvalue weighted by molar-refractivity contribution is -0.136. The van der Waals surface area contributed by atoms with Crippen LogP contribution in [0.2, 0.25) is 0 Å². The van der Waals surface area contributed by atoms with Crippen molar-refractivity contribution in [3.8, 4) is 22.3 Å². The fourth-order valence-corrected chi connectivity index (χ4v) is 11.0. The summed E-state index contributed by atoms with van der Waals surface area (Å²) in [5, 5.41) is 12.7. The lowest BCUT2D eigenvalue weighted by atomic mass is 9.98. The van der Waals surface area contributed by atoms with Gasteiger partial charge in [0.2, 0.25) is 23.6 Å². The van der Waals surface area contributed by atoms with Crippen LogP contribution in [0.25, 0.3) is 33.3 Å². The van der Waals surface area contributed by atoms with Crippen molar-refractivity contribution >= 4 is 63.5 Å². The molecule has 0 radical (unpaired) electrons.